The number of rotatable bonds is 3. The summed E-state index contributed by atoms with van der Waals surface area (Å²) in [6, 6.07) is 1.17. The Balaban J connectivity index is 2.07. The maximum absolute atomic E-state index is 12.0. The minimum atomic E-state index is -0.868. The number of carbonyl (C=O) groups is 2. The molecule has 2 atom stereocenters. The molecule has 1 aromatic rings. The molecule has 0 spiro atoms. The maximum atomic E-state index is 12.0. The number of aliphatic carboxylic acids is 1. The lowest BCUT2D eigenvalue weighted by atomic mass is 10.0. The van der Waals surface area contributed by atoms with Crippen molar-refractivity contribution in [1.29, 1.82) is 0 Å². The molecule has 1 saturated carbocycles. The third-order valence-electron chi connectivity index (χ3n) is 3.05. The maximum Gasteiger partial charge on any atom is 0.308 e. The number of nitrogens with one attached hydrogen (secondary N) is 1. The van der Waals surface area contributed by atoms with Gasteiger partial charge in [-0.15, -0.1) is 11.3 Å². The first-order valence-corrected chi connectivity index (χ1v) is 7.05. The number of thiophene rings is 1. The summed E-state index contributed by atoms with van der Waals surface area (Å²) >= 11 is 12.8. The second kappa shape index (κ2) is 5.47. The normalized spacial score (nSPS) is 23.0. The number of halogens is 2. The van der Waals surface area contributed by atoms with Crippen LogP contribution in [0.5, 0.6) is 0 Å². The van der Waals surface area contributed by atoms with Crippen molar-refractivity contribution in [3.8, 4) is 0 Å². The van der Waals surface area contributed by atoms with Crippen LogP contribution in [0.1, 0.15) is 29.6 Å². The van der Waals surface area contributed by atoms with E-state index in [1.54, 1.807) is 0 Å². The summed E-state index contributed by atoms with van der Waals surface area (Å²) in [7, 11) is 0. The van der Waals surface area contributed by atoms with E-state index >= 15 is 0 Å². The van der Waals surface area contributed by atoms with Gasteiger partial charge in [0.15, 0.2) is 0 Å². The van der Waals surface area contributed by atoms with Crippen LogP contribution in [0.2, 0.25) is 8.67 Å². The van der Waals surface area contributed by atoms with Gasteiger partial charge in [0.2, 0.25) is 0 Å². The van der Waals surface area contributed by atoms with E-state index in [4.69, 9.17) is 28.3 Å². The Bertz CT molecular complexity index is 489. The van der Waals surface area contributed by atoms with Crippen molar-refractivity contribution in [3.05, 3.63) is 20.3 Å². The molecule has 1 amide bonds. The fraction of sp³-hybridized carbons (Fsp3) is 0.455. The summed E-state index contributed by atoms with van der Waals surface area (Å²) in [6.45, 7) is 0. The predicted octanol–water partition coefficient (Wildman–Crippen LogP) is 3.04. The van der Waals surface area contributed by atoms with Gasteiger partial charge < -0.3 is 10.4 Å². The monoisotopic (exact) mass is 307 g/mol. The highest BCUT2D eigenvalue weighted by Gasteiger charge is 2.34. The Morgan fingerprint density at radius 2 is 2.11 bits per heavy atom. The largest absolute Gasteiger partial charge is 0.481 e. The van der Waals surface area contributed by atoms with E-state index in [1.807, 2.05) is 0 Å². The van der Waals surface area contributed by atoms with Crippen LogP contribution in [-0.2, 0) is 4.79 Å². The first-order chi connectivity index (χ1) is 8.49. The van der Waals surface area contributed by atoms with Gasteiger partial charge in [0, 0.05) is 6.04 Å². The van der Waals surface area contributed by atoms with Gasteiger partial charge >= 0.3 is 5.97 Å². The standard InChI is InChI=1S/C11H11Cl2NO3S/c12-8-4-6(9(13)18-8)10(15)14-7-3-1-2-5(7)11(16)17/h4-5,7H,1-3H2,(H,14,15)(H,16,17). The van der Waals surface area contributed by atoms with Gasteiger partial charge in [-0.05, 0) is 18.9 Å². The van der Waals surface area contributed by atoms with Crippen molar-refractivity contribution in [1.82, 2.24) is 5.32 Å². The molecule has 0 bridgehead atoms. The summed E-state index contributed by atoms with van der Waals surface area (Å²) in [5.41, 5.74) is 0.308. The summed E-state index contributed by atoms with van der Waals surface area (Å²) in [4.78, 5) is 23.0. The van der Waals surface area contributed by atoms with Crippen molar-refractivity contribution in [2.24, 2.45) is 5.92 Å². The summed E-state index contributed by atoms with van der Waals surface area (Å²) in [5.74, 6) is -1.74. The topological polar surface area (TPSA) is 66.4 Å². The number of hydrogen-bond donors (Lipinski definition) is 2. The van der Waals surface area contributed by atoms with Crippen LogP contribution in [0, 0.1) is 5.92 Å². The highest BCUT2D eigenvalue weighted by Crippen LogP contribution is 2.32. The van der Waals surface area contributed by atoms with E-state index in [-0.39, 0.29) is 11.9 Å². The van der Waals surface area contributed by atoms with Crippen molar-refractivity contribution in [2.45, 2.75) is 25.3 Å². The molecule has 98 valence electrons. The Morgan fingerprint density at radius 1 is 1.39 bits per heavy atom. The van der Waals surface area contributed by atoms with Crippen molar-refractivity contribution < 1.29 is 14.7 Å². The molecule has 7 heteroatoms. The Kier molecular flexibility index (Phi) is 4.14. The Labute approximate surface area is 118 Å². The number of carboxylic acid groups (broad SMARTS) is 1. The molecule has 1 aliphatic carbocycles. The third-order valence-corrected chi connectivity index (χ3v) is 4.54. The van der Waals surface area contributed by atoms with Gasteiger partial charge in [0.05, 0.1) is 15.8 Å². The Hall–Kier alpha value is -0.780. The first-order valence-electron chi connectivity index (χ1n) is 5.47. The minimum Gasteiger partial charge on any atom is -0.481 e. The molecular weight excluding hydrogens is 297 g/mol. The predicted molar refractivity (Wildman–Crippen MR) is 70.6 cm³/mol. The second-order valence-corrected chi connectivity index (χ2v) is 6.48. The van der Waals surface area contributed by atoms with Gasteiger partial charge in [-0.3, -0.25) is 9.59 Å². The molecule has 18 heavy (non-hydrogen) atoms. The molecular formula is C11H11Cl2NO3S. The average molecular weight is 308 g/mol. The minimum absolute atomic E-state index is 0.308. The van der Waals surface area contributed by atoms with Gasteiger partial charge in [-0.2, -0.15) is 0 Å². The van der Waals surface area contributed by atoms with Crippen LogP contribution in [-0.4, -0.2) is 23.0 Å². The zero-order valence-corrected chi connectivity index (χ0v) is 11.6. The molecule has 2 N–H and O–H groups in total. The van der Waals surface area contributed by atoms with Crippen molar-refractivity contribution in [3.63, 3.8) is 0 Å². The van der Waals surface area contributed by atoms with Gasteiger partial charge in [0.25, 0.3) is 5.91 Å². The summed E-state index contributed by atoms with van der Waals surface area (Å²) in [6.07, 6.45) is 2.08. The SMILES string of the molecule is O=C(NC1CCCC1C(=O)O)c1cc(Cl)sc1Cl. The van der Waals surface area contributed by atoms with Crippen LogP contribution in [0.3, 0.4) is 0 Å². The van der Waals surface area contributed by atoms with Crippen LogP contribution in [0.15, 0.2) is 6.07 Å². The van der Waals surface area contributed by atoms with E-state index < -0.39 is 11.9 Å². The molecule has 0 aromatic carbocycles. The number of carboxylic acids is 1. The van der Waals surface area contributed by atoms with Gasteiger partial charge in [0.1, 0.15) is 4.34 Å². The molecule has 0 radical (unpaired) electrons. The van der Waals surface area contributed by atoms with Gasteiger partial charge in [-0.1, -0.05) is 29.6 Å². The molecule has 0 aliphatic heterocycles. The molecule has 0 saturated heterocycles. The van der Waals surface area contributed by atoms with Crippen molar-refractivity contribution in [2.75, 3.05) is 0 Å². The molecule has 1 heterocycles. The molecule has 4 nitrogen and oxygen atoms in total. The average Bonchev–Trinajstić information content (AvgIpc) is 2.85. The van der Waals surface area contributed by atoms with Crippen LogP contribution >= 0.6 is 34.5 Å². The number of carbonyl (C=O) groups excluding carboxylic acids is 1. The lowest BCUT2D eigenvalue weighted by Crippen LogP contribution is -2.40. The molecule has 2 unspecified atom stereocenters. The molecule has 2 rings (SSSR count). The lowest BCUT2D eigenvalue weighted by Gasteiger charge is -2.17. The van der Waals surface area contributed by atoms with Crippen LogP contribution < -0.4 is 5.32 Å². The summed E-state index contributed by atoms with van der Waals surface area (Å²) in [5, 5.41) is 11.8. The lowest BCUT2D eigenvalue weighted by molar-refractivity contribution is -0.142. The molecule has 1 aromatic heterocycles. The second-order valence-electron chi connectivity index (χ2n) is 4.19. The third kappa shape index (κ3) is 2.79. The van der Waals surface area contributed by atoms with E-state index in [9.17, 15) is 9.59 Å². The fourth-order valence-electron chi connectivity index (χ4n) is 2.17. The quantitative estimate of drug-likeness (QED) is 0.902. The molecule has 1 aliphatic rings. The number of amides is 1. The van der Waals surface area contributed by atoms with Crippen LogP contribution in [0.25, 0.3) is 0 Å². The zero-order chi connectivity index (χ0) is 13.3. The molecule has 1 fully saturated rings. The van der Waals surface area contributed by atoms with E-state index in [0.717, 1.165) is 17.8 Å². The smallest absolute Gasteiger partial charge is 0.308 e. The van der Waals surface area contributed by atoms with Gasteiger partial charge in [-0.25, -0.2) is 0 Å². The summed E-state index contributed by atoms with van der Waals surface area (Å²) < 4.78 is 0.758. The first kappa shape index (κ1) is 13.6. The van der Waals surface area contributed by atoms with E-state index in [2.05, 4.69) is 5.32 Å². The van der Waals surface area contributed by atoms with Crippen molar-refractivity contribution >= 4 is 46.4 Å². The zero-order valence-electron chi connectivity index (χ0n) is 9.28. The highest BCUT2D eigenvalue weighted by molar-refractivity contribution is 7.20. The fourth-order valence-corrected chi connectivity index (χ4v) is 3.63. The van der Waals surface area contributed by atoms with E-state index in [1.165, 1.54) is 6.07 Å². The Morgan fingerprint density at radius 3 is 2.67 bits per heavy atom. The number of hydrogen-bond acceptors (Lipinski definition) is 3. The van der Waals surface area contributed by atoms with E-state index in [0.29, 0.717) is 27.1 Å². The van der Waals surface area contributed by atoms with Crippen LogP contribution in [0.4, 0.5) is 0 Å². The highest BCUT2D eigenvalue weighted by atomic mass is 35.5.